The van der Waals surface area contributed by atoms with Gasteiger partial charge in [-0.05, 0) is 56.8 Å². The second kappa shape index (κ2) is 4.83. The van der Waals surface area contributed by atoms with Gasteiger partial charge < -0.3 is 14.6 Å². The van der Waals surface area contributed by atoms with E-state index in [4.69, 9.17) is 9.47 Å². The highest BCUT2D eigenvalue weighted by molar-refractivity contribution is 5.85. The van der Waals surface area contributed by atoms with E-state index in [2.05, 4.69) is 27.7 Å². The average molecular weight is 336 g/mol. The topological polar surface area (TPSA) is 59.1 Å². The van der Waals surface area contributed by atoms with Crippen molar-refractivity contribution >= 4 is 5.78 Å². The van der Waals surface area contributed by atoms with Crippen LogP contribution in [0.25, 0.3) is 0 Å². The first-order valence-corrected chi connectivity index (χ1v) is 9.57. The summed E-state index contributed by atoms with van der Waals surface area (Å²) in [5, 5.41) is 10.9. The van der Waals surface area contributed by atoms with E-state index in [1.165, 1.54) is 0 Å². The fraction of sp³-hybridized carbons (Fsp3) is 0.950. The molecule has 0 unspecified atom stereocenters. The Balaban J connectivity index is 1.70. The predicted octanol–water partition coefficient (Wildman–Crippen LogP) is 3.11. The van der Waals surface area contributed by atoms with Gasteiger partial charge in [-0.25, -0.2) is 0 Å². The van der Waals surface area contributed by atoms with Gasteiger partial charge in [-0.2, -0.15) is 0 Å². The van der Waals surface area contributed by atoms with Gasteiger partial charge in [0.05, 0.1) is 18.3 Å². The van der Waals surface area contributed by atoms with Gasteiger partial charge in [-0.1, -0.05) is 20.8 Å². The van der Waals surface area contributed by atoms with Crippen LogP contribution >= 0.6 is 0 Å². The third-order valence-corrected chi connectivity index (χ3v) is 8.29. The smallest absolute Gasteiger partial charge is 0.138 e. The van der Waals surface area contributed by atoms with Gasteiger partial charge in [0, 0.05) is 11.8 Å². The summed E-state index contributed by atoms with van der Waals surface area (Å²) in [5.74, 6) is 1.07. The van der Waals surface area contributed by atoms with Crippen molar-refractivity contribution in [1.29, 1.82) is 0 Å². The Kier molecular flexibility index (Phi) is 3.42. The van der Waals surface area contributed by atoms with Gasteiger partial charge >= 0.3 is 0 Å². The third kappa shape index (κ3) is 2.05. The molecular formula is C20H32O4. The molecule has 0 radical (unpaired) electrons. The van der Waals surface area contributed by atoms with Crippen LogP contribution < -0.4 is 0 Å². The molecule has 4 rings (SSSR count). The summed E-state index contributed by atoms with van der Waals surface area (Å²) in [5.41, 5.74) is -1.03. The summed E-state index contributed by atoms with van der Waals surface area (Å²) >= 11 is 0. The lowest BCUT2D eigenvalue weighted by Gasteiger charge is -2.65. The minimum atomic E-state index is -0.589. The van der Waals surface area contributed by atoms with Crippen LogP contribution in [0.15, 0.2) is 0 Å². The maximum absolute atomic E-state index is 12.5. The van der Waals surface area contributed by atoms with Crippen molar-refractivity contribution in [3.63, 3.8) is 0 Å². The van der Waals surface area contributed by atoms with Crippen LogP contribution in [0.4, 0.5) is 0 Å². The zero-order chi connectivity index (χ0) is 17.5. The molecule has 2 saturated carbocycles. The Morgan fingerprint density at radius 3 is 2.38 bits per heavy atom. The lowest BCUT2D eigenvalue weighted by Crippen LogP contribution is -2.68. The third-order valence-electron chi connectivity index (χ3n) is 8.29. The number of epoxide rings is 1. The van der Waals surface area contributed by atoms with Crippen LogP contribution in [0.2, 0.25) is 0 Å². The van der Waals surface area contributed by atoms with Crippen molar-refractivity contribution in [2.24, 2.45) is 22.7 Å². The van der Waals surface area contributed by atoms with Gasteiger partial charge in [0.15, 0.2) is 0 Å². The monoisotopic (exact) mass is 336 g/mol. The Morgan fingerprint density at radius 1 is 1.08 bits per heavy atom. The van der Waals surface area contributed by atoms with Crippen molar-refractivity contribution in [1.82, 2.24) is 0 Å². The molecule has 2 aliphatic heterocycles. The van der Waals surface area contributed by atoms with E-state index in [-0.39, 0.29) is 28.5 Å². The highest BCUT2D eigenvalue weighted by Crippen LogP contribution is 2.65. The molecule has 4 fully saturated rings. The lowest BCUT2D eigenvalue weighted by atomic mass is 9.44. The van der Waals surface area contributed by atoms with Crippen molar-refractivity contribution in [3.8, 4) is 0 Å². The Hall–Kier alpha value is -0.450. The first-order valence-electron chi connectivity index (χ1n) is 9.57. The lowest BCUT2D eigenvalue weighted by molar-refractivity contribution is -0.297. The number of ether oxygens (including phenoxy) is 2. The normalized spacial score (nSPS) is 56.3. The SMILES string of the molecule is CC1(C)C(=O)CC[C@]2(C)[C@@H]1CC[C@]1(C)O[C@@](C)([C@@H]3CO3)[C@@H](O)C[C@@H]21. The van der Waals surface area contributed by atoms with Crippen molar-refractivity contribution in [3.05, 3.63) is 0 Å². The van der Waals surface area contributed by atoms with Gasteiger partial charge in [0.1, 0.15) is 17.5 Å². The fourth-order valence-electron chi connectivity index (χ4n) is 6.64. The van der Waals surface area contributed by atoms with E-state index in [9.17, 15) is 9.90 Å². The molecule has 4 aliphatic rings. The molecule has 0 aromatic carbocycles. The Morgan fingerprint density at radius 2 is 1.75 bits per heavy atom. The molecule has 136 valence electrons. The molecule has 2 aliphatic carbocycles. The number of carbonyl (C=O) groups is 1. The van der Waals surface area contributed by atoms with Crippen molar-refractivity contribution < 1.29 is 19.4 Å². The Bertz CT molecular complexity index is 568. The van der Waals surface area contributed by atoms with E-state index in [1.807, 2.05) is 6.92 Å². The zero-order valence-corrected chi connectivity index (χ0v) is 15.7. The summed E-state index contributed by atoms with van der Waals surface area (Å²) in [6, 6.07) is 0. The van der Waals surface area contributed by atoms with Gasteiger partial charge in [0.2, 0.25) is 0 Å². The molecule has 7 atom stereocenters. The number of carbonyl (C=O) groups excluding carboxylic acids is 1. The van der Waals surface area contributed by atoms with Crippen molar-refractivity contribution in [2.45, 2.75) is 90.1 Å². The maximum atomic E-state index is 12.5. The molecule has 0 aromatic rings. The summed E-state index contributed by atoms with van der Waals surface area (Å²) in [4.78, 5) is 12.5. The first kappa shape index (κ1) is 17.0. The Labute approximate surface area is 145 Å². The van der Waals surface area contributed by atoms with E-state index in [1.54, 1.807) is 0 Å². The molecule has 2 heterocycles. The highest BCUT2D eigenvalue weighted by atomic mass is 16.6. The van der Waals surface area contributed by atoms with E-state index in [0.29, 0.717) is 24.7 Å². The molecule has 4 nitrogen and oxygen atoms in total. The van der Waals surface area contributed by atoms with Crippen LogP contribution in [-0.2, 0) is 14.3 Å². The molecule has 1 N–H and O–H groups in total. The molecular weight excluding hydrogens is 304 g/mol. The molecule has 4 heteroatoms. The largest absolute Gasteiger partial charge is 0.390 e. The fourth-order valence-corrected chi connectivity index (χ4v) is 6.64. The number of aliphatic hydroxyl groups is 1. The zero-order valence-electron chi connectivity index (χ0n) is 15.7. The second-order valence-electron chi connectivity index (χ2n) is 9.97. The number of Topliss-reactive ketones (excluding diaryl/α,β-unsaturated/α-hetero) is 1. The second-order valence-corrected chi connectivity index (χ2v) is 9.97. The molecule has 0 bridgehead atoms. The molecule has 2 saturated heterocycles. The standard InChI is InChI=1S/C20H32O4/c1-17(2)12-6-9-19(4)13(18(12,3)8-7-14(17)21)10-15(22)20(5,24-19)16-11-23-16/h12-13,15-16,22H,6-11H2,1-5H3/t12-,13+,15+,16+,18-,19+,20-/m1/s1. The summed E-state index contributed by atoms with van der Waals surface area (Å²) < 4.78 is 12.1. The number of aliphatic hydroxyl groups excluding tert-OH is 1. The van der Waals surface area contributed by atoms with Crippen LogP contribution in [0.1, 0.15) is 66.7 Å². The summed E-state index contributed by atoms with van der Waals surface area (Å²) in [6.07, 6.45) is 3.85. The van der Waals surface area contributed by atoms with Crippen molar-refractivity contribution in [2.75, 3.05) is 6.61 Å². The van der Waals surface area contributed by atoms with Gasteiger partial charge in [-0.15, -0.1) is 0 Å². The molecule has 0 spiro atoms. The molecule has 0 amide bonds. The van der Waals surface area contributed by atoms with Crippen LogP contribution in [-0.4, -0.2) is 40.9 Å². The van der Waals surface area contributed by atoms with Gasteiger partial charge in [0.25, 0.3) is 0 Å². The van der Waals surface area contributed by atoms with Gasteiger partial charge in [-0.3, -0.25) is 4.79 Å². The number of hydrogen-bond acceptors (Lipinski definition) is 4. The minimum Gasteiger partial charge on any atom is -0.390 e. The predicted molar refractivity (Wildman–Crippen MR) is 90.6 cm³/mol. The number of hydrogen-bond donors (Lipinski definition) is 1. The van der Waals surface area contributed by atoms with E-state index < -0.39 is 11.7 Å². The maximum Gasteiger partial charge on any atom is 0.138 e. The first-order chi connectivity index (χ1) is 11.0. The van der Waals surface area contributed by atoms with E-state index >= 15 is 0 Å². The molecule has 24 heavy (non-hydrogen) atoms. The average Bonchev–Trinajstić information content (AvgIpc) is 3.31. The van der Waals surface area contributed by atoms with Crippen LogP contribution in [0, 0.1) is 22.7 Å². The quantitative estimate of drug-likeness (QED) is 0.748. The minimum absolute atomic E-state index is 0.0279. The number of fused-ring (bicyclic) bond motifs is 3. The number of rotatable bonds is 1. The summed E-state index contributed by atoms with van der Waals surface area (Å²) in [7, 11) is 0. The van der Waals surface area contributed by atoms with Crippen LogP contribution in [0.5, 0.6) is 0 Å². The number of ketones is 1. The van der Waals surface area contributed by atoms with E-state index in [0.717, 1.165) is 25.7 Å². The van der Waals surface area contributed by atoms with Crippen LogP contribution in [0.3, 0.4) is 0 Å². The highest BCUT2D eigenvalue weighted by Gasteiger charge is 2.66. The molecule has 0 aromatic heterocycles. The summed E-state index contributed by atoms with van der Waals surface area (Å²) in [6.45, 7) is 11.5.